The molecule has 132 valence electrons. The molecule has 2 heteroatoms. The van der Waals surface area contributed by atoms with Crippen molar-refractivity contribution in [2.75, 3.05) is 6.61 Å². The molecular weight excluding hydrogens is 272 g/mol. The molecule has 0 bridgehead atoms. The van der Waals surface area contributed by atoms with Gasteiger partial charge in [-0.1, -0.05) is 90.4 Å². The average molecular weight is 313 g/mol. The standard InChI is InChI=1S/C20H40O2/c1-2-3-4-5-6-7-8-9-10-11-13-16-19-20(22-19)17-14-12-15-18-21/h19-21H,2-18H2,1H3. The van der Waals surface area contributed by atoms with Crippen LogP contribution < -0.4 is 0 Å². The summed E-state index contributed by atoms with van der Waals surface area (Å²) in [5.41, 5.74) is 0. The van der Waals surface area contributed by atoms with Crippen LogP contribution in [0.2, 0.25) is 0 Å². The van der Waals surface area contributed by atoms with E-state index in [1.807, 2.05) is 0 Å². The summed E-state index contributed by atoms with van der Waals surface area (Å²) in [6.07, 6.45) is 22.6. The molecule has 0 aromatic rings. The van der Waals surface area contributed by atoms with Gasteiger partial charge in [0, 0.05) is 6.61 Å². The van der Waals surface area contributed by atoms with E-state index in [0.717, 1.165) is 12.8 Å². The van der Waals surface area contributed by atoms with Crippen LogP contribution in [0.4, 0.5) is 0 Å². The molecule has 0 radical (unpaired) electrons. The molecule has 0 amide bonds. The summed E-state index contributed by atoms with van der Waals surface area (Å²) in [5.74, 6) is 0. The second kappa shape index (κ2) is 14.5. The highest BCUT2D eigenvalue weighted by Crippen LogP contribution is 2.31. The van der Waals surface area contributed by atoms with Gasteiger partial charge in [-0.3, -0.25) is 0 Å². The fraction of sp³-hybridized carbons (Fsp3) is 1.00. The van der Waals surface area contributed by atoms with Crippen LogP contribution in [-0.4, -0.2) is 23.9 Å². The molecule has 1 rings (SSSR count). The van der Waals surface area contributed by atoms with Crippen molar-refractivity contribution in [1.82, 2.24) is 0 Å². The fourth-order valence-electron chi connectivity index (χ4n) is 3.33. The van der Waals surface area contributed by atoms with Gasteiger partial charge in [0.2, 0.25) is 0 Å². The molecule has 0 aromatic carbocycles. The molecule has 1 N–H and O–H groups in total. The van der Waals surface area contributed by atoms with Crippen molar-refractivity contribution < 1.29 is 9.84 Å². The Morgan fingerprint density at radius 1 is 0.591 bits per heavy atom. The van der Waals surface area contributed by atoms with E-state index < -0.39 is 0 Å². The zero-order valence-electron chi connectivity index (χ0n) is 15.0. The van der Waals surface area contributed by atoms with Gasteiger partial charge in [0.15, 0.2) is 0 Å². The zero-order chi connectivity index (χ0) is 15.9. The van der Waals surface area contributed by atoms with Gasteiger partial charge < -0.3 is 9.84 Å². The number of aliphatic hydroxyl groups is 1. The smallest absolute Gasteiger partial charge is 0.0841 e. The molecule has 0 saturated carbocycles. The number of unbranched alkanes of at least 4 members (excludes halogenated alkanes) is 12. The maximum Gasteiger partial charge on any atom is 0.0841 e. The number of aliphatic hydroxyl groups excluding tert-OH is 1. The first-order valence-electron chi connectivity index (χ1n) is 10.1. The van der Waals surface area contributed by atoms with Crippen LogP contribution in [0.3, 0.4) is 0 Å². The molecule has 2 nitrogen and oxygen atoms in total. The Morgan fingerprint density at radius 2 is 1.00 bits per heavy atom. The summed E-state index contributed by atoms with van der Waals surface area (Å²) in [4.78, 5) is 0. The molecule has 1 saturated heterocycles. The Kier molecular flexibility index (Phi) is 13.2. The molecule has 0 spiro atoms. The maximum absolute atomic E-state index is 8.74. The Morgan fingerprint density at radius 3 is 1.45 bits per heavy atom. The van der Waals surface area contributed by atoms with E-state index in [0.29, 0.717) is 18.8 Å². The lowest BCUT2D eigenvalue weighted by molar-refractivity contribution is 0.280. The second-order valence-corrected chi connectivity index (χ2v) is 7.11. The fourth-order valence-corrected chi connectivity index (χ4v) is 3.33. The van der Waals surface area contributed by atoms with Crippen LogP contribution in [-0.2, 0) is 4.74 Å². The molecular formula is C20H40O2. The van der Waals surface area contributed by atoms with Gasteiger partial charge in [-0.05, 0) is 19.3 Å². The predicted octanol–water partition coefficient (Wildman–Crippen LogP) is 6.01. The van der Waals surface area contributed by atoms with Crippen LogP contribution in [0, 0.1) is 0 Å². The molecule has 1 fully saturated rings. The zero-order valence-corrected chi connectivity index (χ0v) is 15.0. The number of rotatable bonds is 17. The normalized spacial score (nSPS) is 20.5. The minimum absolute atomic E-state index is 0.341. The molecule has 2 atom stereocenters. The first-order chi connectivity index (χ1) is 10.9. The summed E-state index contributed by atoms with van der Waals surface area (Å²) < 4.78 is 5.73. The van der Waals surface area contributed by atoms with Gasteiger partial charge >= 0.3 is 0 Å². The third kappa shape index (κ3) is 11.5. The lowest BCUT2D eigenvalue weighted by Gasteiger charge is -2.02. The second-order valence-electron chi connectivity index (χ2n) is 7.11. The van der Waals surface area contributed by atoms with Crippen LogP contribution in [0.5, 0.6) is 0 Å². The Balaban J connectivity index is 1.71. The topological polar surface area (TPSA) is 32.8 Å². The molecule has 1 aliphatic heterocycles. The first-order valence-corrected chi connectivity index (χ1v) is 10.1. The Labute approximate surface area is 139 Å². The van der Waals surface area contributed by atoms with Gasteiger partial charge in [-0.25, -0.2) is 0 Å². The molecule has 1 aliphatic rings. The molecule has 0 aliphatic carbocycles. The van der Waals surface area contributed by atoms with Crippen LogP contribution >= 0.6 is 0 Å². The number of hydrogen-bond acceptors (Lipinski definition) is 2. The lowest BCUT2D eigenvalue weighted by Crippen LogP contribution is -1.95. The van der Waals surface area contributed by atoms with E-state index in [2.05, 4.69) is 6.92 Å². The Bertz CT molecular complexity index is 230. The van der Waals surface area contributed by atoms with Gasteiger partial charge in [0.1, 0.15) is 0 Å². The van der Waals surface area contributed by atoms with Crippen molar-refractivity contribution in [3.63, 3.8) is 0 Å². The summed E-state index contributed by atoms with van der Waals surface area (Å²) in [6.45, 7) is 2.62. The monoisotopic (exact) mass is 312 g/mol. The predicted molar refractivity (Wildman–Crippen MR) is 95.3 cm³/mol. The van der Waals surface area contributed by atoms with E-state index in [-0.39, 0.29) is 0 Å². The van der Waals surface area contributed by atoms with Crippen LogP contribution in [0.1, 0.15) is 110 Å². The van der Waals surface area contributed by atoms with Crippen LogP contribution in [0.25, 0.3) is 0 Å². The van der Waals surface area contributed by atoms with E-state index in [4.69, 9.17) is 9.84 Å². The van der Waals surface area contributed by atoms with Gasteiger partial charge in [-0.2, -0.15) is 0 Å². The third-order valence-corrected chi connectivity index (χ3v) is 4.93. The number of hydrogen-bond donors (Lipinski definition) is 1. The third-order valence-electron chi connectivity index (χ3n) is 4.93. The maximum atomic E-state index is 8.74. The van der Waals surface area contributed by atoms with Crippen molar-refractivity contribution in [2.24, 2.45) is 0 Å². The number of ether oxygens (including phenoxy) is 1. The number of epoxide rings is 1. The van der Waals surface area contributed by atoms with Crippen LogP contribution in [0.15, 0.2) is 0 Å². The molecule has 1 heterocycles. The summed E-state index contributed by atoms with van der Waals surface area (Å²) in [6, 6.07) is 0. The highest BCUT2D eigenvalue weighted by molar-refractivity contribution is 4.84. The average Bonchev–Trinajstić information content (AvgIpc) is 3.27. The van der Waals surface area contributed by atoms with Gasteiger partial charge in [0.05, 0.1) is 12.2 Å². The largest absolute Gasteiger partial charge is 0.396 e. The van der Waals surface area contributed by atoms with Crippen molar-refractivity contribution in [1.29, 1.82) is 0 Å². The minimum Gasteiger partial charge on any atom is -0.396 e. The highest BCUT2D eigenvalue weighted by atomic mass is 16.6. The SMILES string of the molecule is CCCCCCCCCCCCCC1OC1CCCCCO. The quantitative estimate of drug-likeness (QED) is 0.263. The summed E-state index contributed by atoms with van der Waals surface area (Å²) in [5, 5.41) is 8.74. The van der Waals surface area contributed by atoms with E-state index >= 15 is 0 Å². The van der Waals surface area contributed by atoms with Crippen molar-refractivity contribution >= 4 is 0 Å². The lowest BCUT2D eigenvalue weighted by atomic mass is 10.0. The molecule has 22 heavy (non-hydrogen) atoms. The molecule has 2 unspecified atom stereocenters. The van der Waals surface area contributed by atoms with E-state index in [9.17, 15) is 0 Å². The van der Waals surface area contributed by atoms with Crippen molar-refractivity contribution in [3.8, 4) is 0 Å². The van der Waals surface area contributed by atoms with Crippen molar-refractivity contribution in [2.45, 2.75) is 122 Å². The van der Waals surface area contributed by atoms with E-state index in [1.165, 1.54) is 89.9 Å². The first kappa shape index (κ1) is 20.0. The van der Waals surface area contributed by atoms with E-state index in [1.54, 1.807) is 0 Å². The molecule has 0 aromatic heterocycles. The summed E-state index contributed by atoms with van der Waals surface area (Å²) >= 11 is 0. The minimum atomic E-state index is 0.341. The van der Waals surface area contributed by atoms with Crippen molar-refractivity contribution in [3.05, 3.63) is 0 Å². The van der Waals surface area contributed by atoms with Gasteiger partial charge in [-0.15, -0.1) is 0 Å². The summed E-state index contributed by atoms with van der Waals surface area (Å²) in [7, 11) is 0. The highest BCUT2D eigenvalue weighted by Gasteiger charge is 2.36. The van der Waals surface area contributed by atoms with Gasteiger partial charge in [0.25, 0.3) is 0 Å². The Hall–Kier alpha value is -0.0800.